The predicted molar refractivity (Wildman–Crippen MR) is 42.4 cm³/mol. The summed E-state index contributed by atoms with van der Waals surface area (Å²) in [6.45, 7) is 1.76. The van der Waals surface area contributed by atoms with Gasteiger partial charge in [-0.25, -0.2) is 22.3 Å². The van der Waals surface area contributed by atoms with Gasteiger partial charge in [0, 0.05) is 6.42 Å². The molecule has 0 aliphatic heterocycles. The summed E-state index contributed by atoms with van der Waals surface area (Å²) in [6, 6.07) is 0. The predicted octanol–water partition coefficient (Wildman–Crippen LogP) is 1.10. The van der Waals surface area contributed by atoms with E-state index in [2.05, 4.69) is 5.14 Å². The van der Waals surface area contributed by atoms with Gasteiger partial charge in [0.1, 0.15) is 5.75 Å². The van der Waals surface area contributed by atoms with Gasteiger partial charge in [-0.1, -0.05) is 13.3 Å². The third kappa shape index (κ3) is 6.48. The van der Waals surface area contributed by atoms with Gasteiger partial charge in [-0.3, -0.25) is 0 Å². The standard InChI is InChI=1S/C6H13F2NO2S/c1-2-3-4-6(7,8)5-12(9,10)11/h2-5H2,1H3,(H2,9,10,11). The lowest BCUT2D eigenvalue weighted by atomic mass is 10.2. The van der Waals surface area contributed by atoms with Crippen molar-refractivity contribution in [3.8, 4) is 0 Å². The molecule has 0 atom stereocenters. The van der Waals surface area contributed by atoms with E-state index in [1.807, 2.05) is 0 Å². The summed E-state index contributed by atoms with van der Waals surface area (Å²) in [7, 11) is -4.06. The molecule has 0 aromatic carbocycles. The van der Waals surface area contributed by atoms with Crippen LogP contribution >= 0.6 is 0 Å². The molecular formula is C6H13F2NO2S. The van der Waals surface area contributed by atoms with Crippen molar-refractivity contribution in [1.82, 2.24) is 0 Å². The molecule has 0 aliphatic rings. The molecule has 0 rings (SSSR count). The topological polar surface area (TPSA) is 60.2 Å². The van der Waals surface area contributed by atoms with Gasteiger partial charge in [-0.2, -0.15) is 0 Å². The molecule has 0 bridgehead atoms. The van der Waals surface area contributed by atoms with E-state index in [9.17, 15) is 17.2 Å². The number of sulfonamides is 1. The zero-order valence-electron chi connectivity index (χ0n) is 6.89. The Kier molecular flexibility index (Phi) is 4.05. The van der Waals surface area contributed by atoms with Crippen LogP contribution in [0.15, 0.2) is 0 Å². The van der Waals surface area contributed by atoms with Crippen molar-refractivity contribution in [2.75, 3.05) is 5.75 Å². The van der Waals surface area contributed by atoms with Gasteiger partial charge in [-0.05, 0) is 6.42 Å². The minimum Gasteiger partial charge on any atom is -0.229 e. The molecule has 2 N–H and O–H groups in total. The molecule has 74 valence electrons. The summed E-state index contributed by atoms with van der Waals surface area (Å²) < 4.78 is 45.9. The number of primary sulfonamides is 1. The highest BCUT2D eigenvalue weighted by molar-refractivity contribution is 7.89. The molecule has 0 aromatic heterocycles. The molecule has 0 unspecified atom stereocenters. The van der Waals surface area contributed by atoms with E-state index >= 15 is 0 Å². The van der Waals surface area contributed by atoms with Crippen LogP contribution in [0.3, 0.4) is 0 Å². The third-order valence-corrected chi connectivity index (χ3v) is 2.13. The Morgan fingerprint density at radius 3 is 2.25 bits per heavy atom. The van der Waals surface area contributed by atoms with Crippen molar-refractivity contribution < 1.29 is 17.2 Å². The maximum absolute atomic E-state index is 12.6. The Bertz CT molecular complexity index is 226. The van der Waals surface area contributed by atoms with Gasteiger partial charge in [0.15, 0.2) is 0 Å². The zero-order chi connectivity index (χ0) is 9.83. The van der Waals surface area contributed by atoms with Gasteiger partial charge >= 0.3 is 0 Å². The maximum atomic E-state index is 12.6. The SMILES string of the molecule is CCCCC(F)(F)CS(N)(=O)=O. The normalized spacial score (nSPS) is 13.3. The van der Waals surface area contributed by atoms with Crippen molar-refractivity contribution in [3.63, 3.8) is 0 Å². The average Bonchev–Trinajstić information content (AvgIpc) is 1.78. The van der Waals surface area contributed by atoms with Crippen molar-refractivity contribution in [1.29, 1.82) is 0 Å². The first-order valence-electron chi connectivity index (χ1n) is 3.65. The molecule has 0 saturated heterocycles. The molecule has 6 heteroatoms. The van der Waals surface area contributed by atoms with Crippen LogP contribution in [0, 0.1) is 0 Å². The Hall–Kier alpha value is -0.230. The fraction of sp³-hybridized carbons (Fsp3) is 1.00. The first-order valence-corrected chi connectivity index (χ1v) is 5.37. The van der Waals surface area contributed by atoms with Crippen LogP contribution in [-0.2, 0) is 10.0 Å². The van der Waals surface area contributed by atoms with E-state index in [1.54, 1.807) is 6.92 Å². The summed E-state index contributed by atoms with van der Waals surface area (Å²) >= 11 is 0. The number of halogens is 2. The van der Waals surface area contributed by atoms with E-state index in [0.29, 0.717) is 12.8 Å². The summed E-state index contributed by atoms with van der Waals surface area (Å²) in [5.41, 5.74) is 0. The second-order valence-electron chi connectivity index (χ2n) is 2.77. The Morgan fingerprint density at radius 2 is 1.92 bits per heavy atom. The summed E-state index contributed by atoms with van der Waals surface area (Å²) in [4.78, 5) is 0. The van der Waals surface area contributed by atoms with Crippen LogP contribution in [0.1, 0.15) is 26.2 Å². The monoisotopic (exact) mass is 201 g/mol. The summed E-state index contributed by atoms with van der Waals surface area (Å²) in [5, 5.41) is 4.49. The molecule has 0 aromatic rings. The molecular weight excluding hydrogens is 188 g/mol. The van der Waals surface area contributed by atoms with Crippen molar-refractivity contribution in [3.05, 3.63) is 0 Å². The lowest BCUT2D eigenvalue weighted by molar-refractivity contribution is 0.0145. The second-order valence-corrected chi connectivity index (χ2v) is 4.38. The number of hydrogen-bond donors (Lipinski definition) is 1. The highest BCUT2D eigenvalue weighted by atomic mass is 32.2. The van der Waals surface area contributed by atoms with E-state index in [-0.39, 0.29) is 0 Å². The molecule has 0 amide bonds. The third-order valence-electron chi connectivity index (χ3n) is 1.31. The van der Waals surface area contributed by atoms with Crippen LogP contribution in [0.4, 0.5) is 8.78 Å². The van der Waals surface area contributed by atoms with E-state index in [4.69, 9.17) is 0 Å². The number of unbranched alkanes of at least 4 members (excludes halogenated alkanes) is 1. The molecule has 0 radical (unpaired) electrons. The summed E-state index contributed by atoms with van der Waals surface area (Å²) in [5.74, 6) is -4.43. The van der Waals surface area contributed by atoms with Crippen molar-refractivity contribution in [2.45, 2.75) is 32.1 Å². The minimum atomic E-state index is -4.06. The molecule has 12 heavy (non-hydrogen) atoms. The largest absolute Gasteiger partial charge is 0.263 e. The first-order chi connectivity index (χ1) is 5.27. The minimum absolute atomic E-state index is 0.308. The molecule has 0 saturated carbocycles. The highest BCUT2D eigenvalue weighted by Crippen LogP contribution is 2.22. The molecule has 0 aliphatic carbocycles. The number of rotatable bonds is 5. The fourth-order valence-corrected chi connectivity index (χ4v) is 1.53. The van der Waals surface area contributed by atoms with E-state index in [0.717, 1.165) is 0 Å². The number of alkyl halides is 2. The van der Waals surface area contributed by atoms with Crippen molar-refractivity contribution in [2.24, 2.45) is 5.14 Å². The van der Waals surface area contributed by atoms with Crippen LogP contribution in [0.25, 0.3) is 0 Å². The Labute approximate surface area is 71.0 Å². The van der Waals surface area contributed by atoms with Crippen LogP contribution < -0.4 is 5.14 Å². The van der Waals surface area contributed by atoms with Gasteiger partial charge in [0.2, 0.25) is 10.0 Å². The van der Waals surface area contributed by atoms with E-state index < -0.39 is 28.1 Å². The first kappa shape index (κ1) is 11.8. The lowest BCUT2D eigenvalue weighted by Gasteiger charge is -2.13. The van der Waals surface area contributed by atoms with Gasteiger partial charge in [0.05, 0.1) is 0 Å². The quantitative estimate of drug-likeness (QED) is 0.724. The summed E-state index contributed by atoms with van der Waals surface area (Å²) in [6.07, 6.45) is 0.503. The Morgan fingerprint density at radius 1 is 1.42 bits per heavy atom. The zero-order valence-corrected chi connectivity index (χ0v) is 7.70. The Balaban J connectivity index is 4.04. The van der Waals surface area contributed by atoms with Gasteiger partial charge < -0.3 is 0 Å². The fourth-order valence-electron chi connectivity index (χ4n) is 0.802. The smallest absolute Gasteiger partial charge is 0.229 e. The number of nitrogens with two attached hydrogens (primary N) is 1. The highest BCUT2D eigenvalue weighted by Gasteiger charge is 2.32. The molecule has 0 fully saturated rings. The van der Waals surface area contributed by atoms with E-state index in [1.165, 1.54) is 0 Å². The van der Waals surface area contributed by atoms with Crippen molar-refractivity contribution >= 4 is 10.0 Å². The molecule has 0 spiro atoms. The van der Waals surface area contributed by atoms with Crippen LogP contribution in [0.2, 0.25) is 0 Å². The maximum Gasteiger partial charge on any atom is 0.263 e. The van der Waals surface area contributed by atoms with Gasteiger partial charge in [0.25, 0.3) is 5.92 Å². The van der Waals surface area contributed by atoms with Crippen LogP contribution in [0.5, 0.6) is 0 Å². The van der Waals surface area contributed by atoms with Gasteiger partial charge in [-0.15, -0.1) is 0 Å². The average molecular weight is 201 g/mol. The molecule has 0 heterocycles. The molecule has 3 nitrogen and oxygen atoms in total. The number of hydrogen-bond acceptors (Lipinski definition) is 2. The lowest BCUT2D eigenvalue weighted by Crippen LogP contribution is -2.31. The van der Waals surface area contributed by atoms with Crippen LogP contribution in [-0.4, -0.2) is 20.1 Å². The second kappa shape index (κ2) is 4.13.